The lowest BCUT2D eigenvalue weighted by Gasteiger charge is -2.11. The Bertz CT molecular complexity index is 202. The fourth-order valence-electron chi connectivity index (χ4n) is 0.620. The van der Waals surface area contributed by atoms with Gasteiger partial charge in [0.15, 0.2) is 0 Å². The van der Waals surface area contributed by atoms with Crippen LogP contribution in [0.5, 0.6) is 0 Å². The van der Waals surface area contributed by atoms with Crippen LogP contribution in [0.4, 0.5) is 0 Å². The van der Waals surface area contributed by atoms with Crippen molar-refractivity contribution in [2.75, 3.05) is 6.54 Å². The van der Waals surface area contributed by atoms with Gasteiger partial charge in [-0.1, -0.05) is 35.7 Å². The van der Waals surface area contributed by atoms with Crippen LogP contribution < -0.4 is 5.32 Å². The SMILES string of the molecule is CC#CCNC(=O)C(Br)C(C)C. The summed E-state index contributed by atoms with van der Waals surface area (Å²) in [6, 6.07) is 0. The summed E-state index contributed by atoms with van der Waals surface area (Å²) in [7, 11) is 0. The fourth-order valence-corrected chi connectivity index (χ4v) is 0.782. The molecule has 0 aromatic carbocycles. The number of hydrogen-bond acceptors (Lipinski definition) is 1. The lowest BCUT2D eigenvalue weighted by Crippen LogP contribution is -2.34. The second-order valence-electron chi connectivity index (χ2n) is 2.79. The first kappa shape index (κ1) is 11.5. The molecule has 1 atom stereocenters. The topological polar surface area (TPSA) is 29.1 Å². The van der Waals surface area contributed by atoms with Crippen molar-refractivity contribution in [3.63, 3.8) is 0 Å². The van der Waals surface area contributed by atoms with Crippen molar-refractivity contribution in [2.24, 2.45) is 5.92 Å². The van der Waals surface area contributed by atoms with Gasteiger partial charge in [0.2, 0.25) is 5.91 Å². The van der Waals surface area contributed by atoms with Gasteiger partial charge in [-0.2, -0.15) is 0 Å². The zero-order valence-corrected chi connectivity index (χ0v) is 9.23. The molecular formula is C9H14BrNO. The van der Waals surface area contributed by atoms with Crippen molar-refractivity contribution >= 4 is 21.8 Å². The number of amides is 1. The highest BCUT2D eigenvalue weighted by molar-refractivity contribution is 9.10. The summed E-state index contributed by atoms with van der Waals surface area (Å²) in [6.45, 7) is 6.17. The molecule has 3 heteroatoms. The van der Waals surface area contributed by atoms with E-state index in [1.807, 2.05) is 13.8 Å². The quantitative estimate of drug-likeness (QED) is 0.580. The molecule has 2 nitrogen and oxygen atoms in total. The third-order valence-corrected chi connectivity index (χ3v) is 2.84. The molecule has 0 spiro atoms. The third-order valence-electron chi connectivity index (χ3n) is 1.36. The first-order valence-electron chi connectivity index (χ1n) is 3.91. The Kier molecular flexibility index (Phi) is 5.83. The number of rotatable bonds is 3. The predicted octanol–water partition coefficient (Wildman–Crippen LogP) is 1.55. The molecule has 0 aliphatic rings. The van der Waals surface area contributed by atoms with E-state index < -0.39 is 0 Å². The molecule has 12 heavy (non-hydrogen) atoms. The van der Waals surface area contributed by atoms with Crippen LogP contribution in [0.1, 0.15) is 20.8 Å². The average molecular weight is 232 g/mol. The van der Waals surface area contributed by atoms with Crippen molar-refractivity contribution in [2.45, 2.75) is 25.6 Å². The Hall–Kier alpha value is -0.490. The molecule has 0 fully saturated rings. The Morgan fingerprint density at radius 1 is 1.58 bits per heavy atom. The summed E-state index contributed by atoms with van der Waals surface area (Å²) < 4.78 is 0. The molecule has 0 saturated heterocycles. The van der Waals surface area contributed by atoms with E-state index in [2.05, 4.69) is 33.1 Å². The molecule has 1 N–H and O–H groups in total. The van der Waals surface area contributed by atoms with Crippen LogP contribution in [0.15, 0.2) is 0 Å². The van der Waals surface area contributed by atoms with Crippen molar-refractivity contribution in [3.05, 3.63) is 0 Å². The zero-order valence-electron chi connectivity index (χ0n) is 7.65. The van der Waals surface area contributed by atoms with Crippen LogP contribution in [0.25, 0.3) is 0 Å². The highest BCUT2D eigenvalue weighted by Gasteiger charge is 2.17. The zero-order chi connectivity index (χ0) is 9.56. The van der Waals surface area contributed by atoms with E-state index >= 15 is 0 Å². The molecule has 0 heterocycles. The van der Waals surface area contributed by atoms with E-state index in [1.165, 1.54) is 0 Å². The van der Waals surface area contributed by atoms with E-state index in [4.69, 9.17) is 0 Å². The highest BCUT2D eigenvalue weighted by Crippen LogP contribution is 2.11. The van der Waals surface area contributed by atoms with Gasteiger partial charge in [-0.3, -0.25) is 4.79 Å². The molecule has 0 radical (unpaired) electrons. The molecule has 0 aliphatic carbocycles. The minimum Gasteiger partial charge on any atom is -0.344 e. The van der Waals surface area contributed by atoms with Gasteiger partial charge in [0.25, 0.3) is 0 Å². The van der Waals surface area contributed by atoms with Gasteiger partial charge in [0, 0.05) is 0 Å². The molecule has 0 saturated carbocycles. The Morgan fingerprint density at radius 3 is 2.58 bits per heavy atom. The smallest absolute Gasteiger partial charge is 0.234 e. The normalized spacial score (nSPS) is 11.8. The Balaban J connectivity index is 3.77. The predicted molar refractivity (Wildman–Crippen MR) is 54.0 cm³/mol. The third kappa shape index (κ3) is 4.40. The maximum absolute atomic E-state index is 11.2. The van der Waals surface area contributed by atoms with Crippen molar-refractivity contribution in [1.29, 1.82) is 0 Å². The molecule has 1 amide bonds. The molecule has 68 valence electrons. The highest BCUT2D eigenvalue weighted by atomic mass is 79.9. The summed E-state index contributed by atoms with van der Waals surface area (Å²) in [5, 5.41) is 2.71. The number of carbonyl (C=O) groups is 1. The Morgan fingerprint density at radius 2 is 2.17 bits per heavy atom. The lowest BCUT2D eigenvalue weighted by molar-refractivity contribution is -0.120. The molecular weight excluding hydrogens is 218 g/mol. The van der Waals surface area contributed by atoms with E-state index in [0.717, 1.165) is 0 Å². The molecule has 0 bridgehead atoms. The van der Waals surface area contributed by atoms with Crippen LogP contribution in [0.2, 0.25) is 0 Å². The van der Waals surface area contributed by atoms with Gasteiger partial charge in [-0.15, -0.1) is 5.92 Å². The first-order chi connectivity index (χ1) is 5.59. The second kappa shape index (κ2) is 6.07. The van der Waals surface area contributed by atoms with Crippen LogP contribution in [-0.2, 0) is 4.79 Å². The number of alkyl halides is 1. The van der Waals surface area contributed by atoms with Crippen molar-refractivity contribution in [1.82, 2.24) is 5.32 Å². The van der Waals surface area contributed by atoms with Gasteiger partial charge in [-0.05, 0) is 12.8 Å². The van der Waals surface area contributed by atoms with Gasteiger partial charge < -0.3 is 5.32 Å². The van der Waals surface area contributed by atoms with Crippen molar-refractivity contribution < 1.29 is 4.79 Å². The summed E-state index contributed by atoms with van der Waals surface area (Å²) in [6.07, 6.45) is 0. The number of hydrogen-bond donors (Lipinski definition) is 1. The fraction of sp³-hybridized carbons (Fsp3) is 0.667. The lowest BCUT2D eigenvalue weighted by atomic mass is 10.1. The van der Waals surface area contributed by atoms with E-state index in [9.17, 15) is 4.79 Å². The second-order valence-corrected chi connectivity index (χ2v) is 3.78. The van der Waals surface area contributed by atoms with Crippen LogP contribution in [0.3, 0.4) is 0 Å². The maximum Gasteiger partial charge on any atom is 0.234 e. The monoisotopic (exact) mass is 231 g/mol. The van der Waals surface area contributed by atoms with Crippen LogP contribution >= 0.6 is 15.9 Å². The largest absolute Gasteiger partial charge is 0.344 e. The van der Waals surface area contributed by atoms with Crippen LogP contribution in [-0.4, -0.2) is 17.3 Å². The molecule has 0 rings (SSSR count). The van der Waals surface area contributed by atoms with Gasteiger partial charge in [0.05, 0.1) is 11.4 Å². The number of carbonyl (C=O) groups excluding carboxylic acids is 1. The number of nitrogens with one attached hydrogen (secondary N) is 1. The Labute approximate surface area is 82.2 Å². The van der Waals surface area contributed by atoms with Gasteiger partial charge in [-0.25, -0.2) is 0 Å². The molecule has 1 unspecified atom stereocenters. The summed E-state index contributed by atoms with van der Waals surface area (Å²) in [5.41, 5.74) is 0. The standard InChI is InChI=1S/C9H14BrNO/c1-4-5-6-11-9(12)8(10)7(2)3/h7-8H,6H2,1-3H3,(H,11,12). The van der Waals surface area contributed by atoms with Gasteiger partial charge in [0.1, 0.15) is 0 Å². The average Bonchev–Trinajstić information content (AvgIpc) is 2.03. The van der Waals surface area contributed by atoms with Crippen LogP contribution in [0, 0.1) is 17.8 Å². The summed E-state index contributed by atoms with van der Waals surface area (Å²) in [5.74, 6) is 5.79. The van der Waals surface area contributed by atoms with Gasteiger partial charge >= 0.3 is 0 Å². The maximum atomic E-state index is 11.2. The first-order valence-corrected chi connectivity index (χ1v) is 4.82. The van der Waals surface area contributed by atoms with E-state index in [1.54, 1.807) is 6.92 Å². The number of halogens is 1. The minimum atomic E-state index is -0.115. The molecule has 0 aromatic heterocycles. The summed E-state index contributed by atoms with van der Waals surface area (Å²) in [4.78, 5) is 11.1. The van der Waals surface area contributed by atoms with E-state index in [-0.39, 0.29) is 10.7 Å². The minimum absolute atomic E-state index is 0.00718. The van der Waals surface area contributed by atoms with E-state index in [0.29, 0.717) is 12.5 Å². The molecule has 0 aliphatic heterocycles. The molecule has 0 aromatic rings. The summed E-state index contributed by atoms with van der Waals surface area (Å²) >= 11 is 3.30. The van der Waals surface area contributed by atoms with Crippen molar-refractivity contribution in [3.8, 4) is 11.8 Å².